The molecule has 8 heteroatoms. The Labute approximate surface area is 191 Å². The van der Waals surface area contributed by atoms with E-state index in [1.165, 1.54) is 0 Å². The lowest BCUT2D eigenvalue weighted by atomic mass is 10.1. The fourth-order valence-corrected chi connectivity index (χ4v) is 6.42. The van der Waals surface area contributed by atoms with Crippen molar-refractivity contribution in [3.8, 4) is 39.9 Å². The third kappa shape index (κ3) is 1.36. The Morgan fingerprint density at radius 1 is 0.794 bits per heavy atom. The summed E-state index contributed by atoms with van der Waals surface area (Å²) in [6.45, 7) is 0. The van der Waals surface area contributed by atoms with E-state index in [0.29, 0.717) is 4.70 Å². The number of nitrogens with zero attached hydrogens (tertiary/aromatic N) is 6. The molecule has 0 saturated heterocycles. The monoisotopic (exact) mass is 441 g/mol. The molecule has 10 rings (SSSR count). The smallest absolute Gasteiger partial charge is 0.371 e. The van der Waals surface area contributed by atoms with Gasteiger partial charge in [0.05, 0.1) is 17.8 Å². The Morgan fingerprint density at radius 2 is 1.71 bits per heavy atom. The maximum atomic E-state index is 6.58. The molecule has 0 amide bonds. The summed E-state index contributed by atoms with van der Waals surface area (Å²) in [4.78, 5) is 9.29. The van der Waals surface area contributed by atoms with Crippen molar-refractivity contribution < 1.29 is 18.8 Å². The van der Waals surface area contributed by atoms with E-state index in [4.69, 9.17) is 14.5 Å². The number of ether oxygens (including phenoxy) is 2. The van der Waals surface area contributed by atoms with Crippen molar-refractivity contribution in [3.05, 3.63) is 79.5 Å². The number of hydrogen-bond donors (Lipinski definition) is 0. The fraction of sp³-hybridized carbons (Fsp3) is 0. The second-order valence-electron chi connectivity index (χ2n) is 8.96. The molecule has 0 radical (unpaired) electrons. The predicted molar refractivity (Wildman–Crippen MR) is 121 cm³/mol. The highest BCUT2D eigenvalue weighted by molar-refractivity contribution is 6.09. The van der Waals surface area contributed by atoms with Gasteiger partial charge in [0.25, 0.3) is 17.1 Å². The van der Waals surface area contributed by atoms with E-state index in [-0.39, 0.29) is 0 Å². The van der Waals surface area contributed by atoms with Crippen LogP contribution in [0.25, 0.3) is 39.0 Å². The fourth-order valence-electron chi connectivity index (χ4n) is 6.42. The van der Waals surface area contributed by atoms with Crippen molar-refractivity contribution in [2.45, 2.75) is 0 Å². The van der Waals surface area contributed by atoms with Gasteiger partial charge in [-0.3, -0.25) is 4.98 Å². The Bertz CT molecular complexity index is 1990. The van der Waals surface area contributed by atoms with Gasteiger partial charge in [-0.2, -0.15) is 4.57 Å². The highest BCUT2D eigenvalue weighted by Crippen LogP contribution is 2.62. The summed E-state index contributed by atoms with van der Waals surface area (Å²) in [5.41, 5.74) is 8.19. The minimum atomic E-state index is 0.307. The molecule has 0 aliphatic carbocycles. The van der Waals surface area contributed by atoms with Crippen molar-refractivity contribution in [2.24, 2.45) is 0 Å². The Morgan fingerprint density at radius 3 is 2.71 bits per heavy atom. The number of quaternary nitrogens is 1. The first-order chi connectivity index (χ1) is 16.9. The van der Waals surface area contributed by atoms with E-state index in [1.807, 2.05) is 24.5 Å². The minimum Gasteiger partial charge on any atom is -0.446 e. The van der Waals surface area contributed by atoms with Gasteiger partial charge in [-0.25, -0.2) is 4.98 Å². The molecule has 1 atom stereocenters. The first-order valence-corrected chi connectivity index (χ1v) is 11.2. The lowest BCUT2D eigenvalue weighted by Gasteiger charge is -2.32. The zero-order valence-electron chi connectivity index (χ0n) is 17.5. The van der Waals surface area contributed by atoms with Crippen LogP contribution in [-0.4, -0.2) is 14.5 Å². The zero-order valence-corrected chi connectivity index (χ0v) is 17.5. The van der Waals surface area contributed by atoms with Gasteiger partial charge in [0.15, 0.2) is 34.5 Å². The molecular formula is C26H13N6O2+3. The summed E-state index contributed by atoms with van der Waals surface area (Å²) in [6, 6.07) is 16.6. The third-order valence-corrected chi connectivity index (χ3v) is 7.52. The number of fused-ring (bicyclic) bond motifs is 3. The van der Waals surface area contributed by atoms with Gasteiger partial charge in [-0.1, -0.05) is 6.07 Å². The number of pyridine rings is 2. The molecule has 0 N–H and O–H groups in total. The van der Waals surface area contributed by atoms with Crippen LogP contribution in [0.15, 0.2) is 79.5 Å². The molecule has 1 unspecified atom stereocenters. The molecule has 4 aliphatic heterocycles. The highest BCUT2D eigenvalue weighted by Gasteiger charge is 2.70. The van der Waals surface area contributed by atoms with Crippen LogP contribution in [-0.2, 0) is 0 Å². The minimum absolute atomic E-state index is 0.307. The van der Waals surface area contributed by atoms with E-state index >= 15 is 0 Å². The second kappa shape index (κ2) is 4.75. The molecule has 4 aromatic heterocycles. The molecule has 8 heterocycles. The van der Waals surface area contributed by atoms with E-state index in [9.17, 15) is 0 Å². The molecule has 0 saturated carbocycles. The number of para-hydroxylation sites is 1. The van der Waals surface area contributed by atoms with Crippen LogP contribution in [0, 0.1) is 0 Å². The van der Waals surface area contributed by atoms with Crippen molar-refractivity contribution in [3.63, 3.8) is 0 Å². The lowest BCUT2D eigenvalue weighted by molar-refractivity contribution is -1.02. The standard InChI is InChI=1S/C26H13N6O2/c1-2-10-29-16(5-1)14-4-3-6-18-24(14)32(29)25-19(34-18)8-7-17-23(25)31-22-15(12-27-13-20(22)33-17)21-26(31)30(32)11-9-28-21/h1-13H/q+3. The predicted octanol–water partition coefficient (Wildman–Crippen LogP) is 4.22. The summed E-state index contributed by atoms with van der Waals surface area (Å²) in [7, 11) is 0. The molecule has 4 aliphatic rings. The van der Waals surface area contributed by atoms with Crippen LogP contribution in [0.3, 0.4) is 0 Å². The molecule has 0 fully saturated rings. The Balaban J connectivity index is 1.59. The van der Waals surface area contributed by atoms with E-state index in [1.54, 1.807) is 6.20 Å². The average molecular weight is 441 g/mol. The molecule has 1 spiro atoms. The van der Waals surface area contributed by atoms with Crippen LogP contribution in [0.2, 0.25) is 0 Å². The summed E-state index contributed by atoms with van der Waals surface area (Å²) < 4.78 is 20.2. The molecule has 2 aromatic carbocycles. The first-order valence-electron chi connectivity index (χ1n) is 11.2. The van der Waals surface area contributed by atoms with Crippen molar-refractivity contribution >= 4 is 33.4 Å². The normalized spacial score (nSPS) is 18.6. The molecule has 34 heavy (non-hydrogen) atoms. The largest absolute Gasteiger partial charge is 0.446 e. The molecule has 8 nitrogen and oxygen atoms in total. The maximum absolute atomic E-state index is 6.58. The van der Waals surface area contributed by atoms with E-state index in [0.717, 1.165) is 73.4 Å². The number of aromatic nitrogens is 5. The van der Waals surface area contributed by atoms with Gasteiger partial charge in [0.1, 0.15) is 10.3 Å². The van der Waals surface area contributed by atoms with Crippen molar-refractivity contribution in [2.75, 3.05) is 0 Å². The average Bonchev–Trinajstić information content (AvgIpc) is 3.38. The van der Waals surface area contributed by atoms with E-state index in [2.05, 4.69) is 67.7 Å². The zero-order chi connectivity index (χ0) is 21.8. The number of benzene rings is 2. The Kier molecular flexibility index (Phi) is 2.22. The lowest BCUT2D eigenvalue weighted by Crippen LogP contribution is -2.84. The summed E-state index contributed by atoms with van der Waals surface area (Å²) in [6.07, 6.45) is 9.73. The third-order valence-electron chi connectivity index (χ3n) is 7.52. The van der Waals surface area contributed by atoms with Crippen LogP contribution < -0.4 is 23.5 Å². The van der Waals surface area contributed by atoms with Gasteiger partial charge in [-0.05, 0) is 30.3 Å². The summed E-state index contributed by atoms with van der Waals surface area (Å²) >= 11 is 0. The van der Waals surface area contributed by atoms with Crippen molar-refractivity contribution in [1.29, 1.82) is 0 Å². The maximum Gasteiger partial charge on any atom is 0.371 e. The van der Waals surface area contributed by atoms with Crippen LogP contribution in [0.5, 0.6) is 23.0 Å². The van der Waals surface area contributed by atoms with Crippen LogP contribution in [0.4, 0.5) is 11.4 Å². The van der Waals surface area contributed by atoms with Gasteiger partial charge in [-0.15, -0.1) is 0 Å². The Hall–Kier alpha value is -4.82. The molecule has 6 aromatic rings. The first kappa shape index (κ1) is 15.9. The number of rotatable bonds is 0. The molecule has 0 bridgehead atoms. The topological polar surface area (TPSA) is 56.9 Å². The molecular weight excluding hydrogens is 428 g/mol. The second-order valence-corrected chi connectivity index (χ2v) is 8.96. The van der Waals surface area contributed by atoms with Crippen LogP contribution in [0.1, 0.15) is 0 Å². The quantitative estimate of drug-likeness (QED) is 0.261. The van der Waals surface area contributed by atoms with E-state index < -0.39 is 0 Å². The summed E-state index contributed by atoms with van der Waals surface area (Å²) in [5.74, 6) is 3.16. The van der Waals surface area contributed by atoms with Gasteiger partial charge < -0.3 is 9.47 Å². The number of hydrogen-bond acceptors (Lipinski definition) is 4. The van der Waals surface area contributed by atoms with Gasteiger partial charge >= 0.3 is 11.3 Å². The van der Waals surface area contributed by atoms with Gasteiger partial charge in [0.2, 0.25) is 11.9 Å². The highest BCUT2D eigenvalue weighted by atomic mass is 16.5. The molecule has 156 valence electrons. The van der Waals surface area contributed by atoms with Crippen LogP contribution >= 0.6 is 0 Å². The summed E-state index contributed by atoms with van der Waals surface area (Å²) in [5, 5.41) is 0.968. The SMILES string of the molecule is c1cc2c3c(c1)-c1cccc[n+]1[N+]31c3c(ccc4c3-n3c5c(cncc5c5ncc[n+]1c53)O4)O2. The van der Waals surface area contributed by atoms with Crippen molar-refractivity contribution in [1.82, 2.24) is 19.2 Å². The van der Waals surface area contributed by atoms with Gasteiger partial charge in [0, 0.05) is 27.7 Å².